The van der Waals surface area contributed by atoms with Gasteiger partial charge in [0, 0.05) is 19.2 Å². The topological polar surface area (TPSA) is 82.9 Å². The van der Waals surface area contributed by atoms with Gasteiger partial charge >= 0.3 is 12.6 Å². The lowest BCUT2D eigenvalue weighted by molar-refractivity contribution is -0.0512. The molecule has 1 aromatic heterocycles. The van der Waals surface area contributed by atoms with Crippen LogP contribution in [0.1, 0.15) is 38.9 Å². The van der Waals surface area contributed by atoms with Crippen LogP contribution in [0, 0.1) is 6.92 Å². The maximum absolute atomic E-state index is 12.9. The number of ether oxygens (including phenoxy) is 3. The zero-order valence-corrected chi connectivity index (χ0v) is 19.2. The number of hydrogen-bond acceptors (Lipinski definition) is 6. The van der Waals surface area contributed by atoms with Gasteiger partial charge < -0.3 is 19.1 Å². The molecule has 8 nitrogen and oxygen atoms in total. The molecule has 0 aliphatic carbocycles. The largest absolute Gasteiger partial charge is 0.493 e. The van der Waals surface area contributed by atoms with Gasteiger partial charge in [0.25, 0.3) is 5.91 Å². The zero-order chi connectivity index (χ0) is 24.8. The zero-order valence-electron chi connectivity index (χ0n) is 19.2. The molecule has 1 amide bonds. The fourth-order valence-corrected chi connectivity index (χ4v) is 3.39. The molecule has 0 unspecified atom stereocenters. The number of benzene rings is 2. The summed E-state index contributed by atoms with van der Waals surface area (Å²) in [4.78, 5) is 26.4. The van der Waals surface area contributed by atoms with Crippen molar-refractivity contribution in [1.29, 1.82) is 0 Å². The first-order chi connectivity index (χ1) is 16.2. The third kappa shape index (κ3) is 5.51. The van der Waals surface area contributed by atoms with Crippen LogP contribution in [-0.2, 0) is 11.3 Å². The van der Waals surface area contributed by atoms with Crippen molar-refractivity contribution in [3.8, 4) is 17.2 Å². The first kappa shape index (κ1) is 24.7. The Morgan fingerprint density at radius 1 is 1.12 bits per heavy atom. The molecule has 180 valence electrons. The van der Waals surface area contributed by atoms with E-state index in [1.807, 2.05) is 0 Å². The van der Waals surface area contributed by atoms with Crippen LogP contribution in [0.3, 0.4) is 0 Å². The van der Waals surface area contributed by atoms with Gasteiger partial charge in [0.2, 0.25) is 0 Å². The lowest BCUT2D eigenvalue weighted by Crippen LogP contribution is -2.26. The van der Waals surface area contributed by atoms with E-state index in [0.29, 0.717) is 28.1 Å². The number of alkyl halides is 2. The van der Waals surface area contributed by atoms with Crippen molar-refractivity contribution in [2.24, 2.45) is 0 Å². The Hall–Kier alpha value is -3.95. The van der Waals surface area contributed by atoms with Gasteiger partial charge in [0.15, 0.2) is 11.5 Å². The lowest BCUT2D eigenvalue weighted by Gasteiger charge is -2.19. The third-order valence-electron chi connectivity index (χ3n) is 5.07. The second kappa shape index (κ2) is 10.8. The number of amides is 1. The molecule has 3 rings (SSSR count). The summed E-state index contributed by atoms with van der Waals surface area (Å²) in [6.45, 7) is 1.03. The number of aromatic nitrogens is 2. The van der Waals surface area contributed by atoms with Gasteiger partial charge in [-0.3, -0.25) is 4.79 Å². The van der Waals surface area contributed by atoms with Crippen molar-refractivity contribution in [1.82, 2.24) is 14.7 Å². The minimum atomic E-state index is -2.96. The maximum atomic E-state index is 12.9. The van der Waals surface area contributed by atoms with E-state index in [4.69, 9.17) is 9.47 Å². The maximum Gasteiger partial charge on any atom is 0.387 e. The van der Waals surface area contributed by atoms with E-state index in [-0.39, 0.29) is 30.6 Å². The average molecular weight is 473 g/mol. The molecule has 0 aliphatic heterocycles. The number of methoxy groups -OCH3 is 1. The molecule has 10 heteroatoms. The van der Waals surface area contributed by atoms with Crippen LogP contribution in [0.25, 0.3) is 5.69 Å². The van der Waals surface area contributed by atoms with Crippen LogP contribution in [0.2, 0.25) is 0 Å². The highest BCUT2D eigenvalue weighted by molar-refractivity contribution is 5.94. The number of nitrogens with zero attached hydrogens (tertiary/aromatic N) is 3. The number of carbonyl (C=O) groups excluding carboxylic acids is 2. The molecule has 0 saturated heterocycles. The Labute approximate surface area is 195 Å². The molecular weight excluding hydrogens is 448 g/mol. The molecule has 2 aromatic carbocycles. The molecule has 34 heavy (non-hydrogen) atoms. The first-order valence-corrected chi connectivity index (χ1v) is 10.4. The first-order valence-electron chi connectivity index (χ1n) is 10.4. The van der Waals surface area contributed by atoms with Crippen LogP contribution in [0.5, 0.6) is 11.5 Å². The van der Waals surface area contributed by atoms with Crippen molar-refractivity contribution in [3.05, 3.63) is 71.0 Å². The second-order valence-corrected chi connectivity index (χ2v) is 7.35. The normalized spacial score (nSPS) is 10.8. The van der Waals surface area contributed by atoms with Gasteiger partial charge in [0.1, 0.15) is 5.56 Å². The van der Waals surface area contributed by atoms with E-state index in [2.05, 4.69) is 9.84 Å². The molecule has 0 saturated carbocycles. The van der Waals surface area contributed by atoms with E-state index in [1.165, 1.54) is 24.3 Å². The lowest BCUT2D eigenvalue weighted by atomic mass is 10.1. The van der Waals surface area contributed by atoms with Crippen molar-refractivity contribution < 1.29 is 32.6 Å². The Balaban J connectivity index is 1.72. The SMILES string of the molecule is CCOC(=O)c1cnn(-c2ccc(C(=O)N(C)Cc3ccc(OC(F)F)c(OC)c3)cc2)c1C. The highest BCUT2D eigenvalue weighted by Gasteiger charge is 2.18. The quantitative estimate of drug-likeness (QED) is 0.433. The molecule has 0 aliphatic rings. The Bertz CT molecular complexity index is 1160. The van der Waals surface area contributed by atoms with E-state index < -0.39 is 12.6 Å². The summed E-state index contributed by atoms with van der Waals surface area (Å²) in [5.74, 6) is -0.599. The molecule has 0 atom stereocenters. The van der Waals surface area contributed by atoms with Crippen LogP contribution >= 0.6 is 0 Å². The standard InChI is InChI=1S/C24H25F2N3O5/c1-5-33-23(31)19-13-27-29(15(19)2)18-9-7-17(8-10-18)22(30)28(3)14-16-6-11-20(34-24(25)26)21(12-16)32-4/h6-13,24H,5,14H2,1-4H3. The molecule has 0 bridgehead atoms. The predicted octanol–water partition coefficient (Wildman–Crippen LogP) is 4.24. The molecule has 0 N–H and O–H groups in total. The van der Waals surface area contributed by atoms with Crippen LogP contribution in [-0.4, -0.2) is 53.9 Å². The summed E-state index contributed by atoms with van der Waals surface area (Å²) < 4.78 is 41.2. The summed E-state index contributed by atoms with van der Waals surface area (Å²) in [6, 6.07) is 11.3. The fourth-order valence-electron chi connectivity index (χ4n) is 3.39. The monoisotopic (exact) mass is 473 g/mol. The predicted molar refractivity (Wildman–Crippen MR) is 120 cm³/mol. The van der Waals surface area contributed by atoms with E-state index in [0.717, 1.165) is 0 Å². The van der Waals surface area contributed by atoms with Crippen LogP contribution in [0.4, 0.5) is 8.78 Å². The smallest absolute Gasteiger partial charge is 0.387 e. The van der Waals surface area contributed by atoms with Crippen molar-refractivity contribution in [2.75, 3.05) is 20.8 Å². The summed E-state index contributed by atoms with van der Waals surface area (Å²) in [6.07, 6.45) is 1.45. The summed E-state index contributed by atoms with van der Waals surface area (Å²) >= 11 is 0. The molecular formula is C24H25F2N3O5. The Kier molecular flexibility index (Phi) is 7.83. The summed E-state index contributed by atoms with van der Waals surface area (Å²) in [5.41, 5.74) is 2.83. The van der Waals surface area contributed by atoms with Gasteiger partial charge in [0.05, 0.1) is 31.3 Å². The average Bonchev–Trinajstić information content (AvgIpc) is 3.20. The van der Waals surface area contributed by atoms with Crippen LogP contribution < -0.4 is 9.47 Å². The highest BCUT2D eigenvalue weighted by atomic mass is 19.3. The third-order valence-corrected chi connectivity index (χ3v) is 5.07. The van der Waals surface area contributed by atoms with E-state index in [9.17, 15) is 18.4 Å². The molecule has 1 heterocycles. The van der Waals surface area contributed by atoms with Gasteiger partial charge in [-0.1, -0.05) is 6.07 Å². The molecule has 3 aromatic rings. The van der Waals surface area contributed by atoms with Crippen molar-refractivity contribution >= 4 is 11.9 Å². The van der Waals surface area contributed by atoms with Gasteiger partial charge in [-0.25, -0.2) is 9.48 Å². The van der Waals surface area contributed by atoms with Gasteiger partial charge in [-0.15, -0.1) is 0 Å². The van der Waals surface area contributed by atoms with Crippen molar-refractivity contribution in [2.45, 2.75) is 27.0 Å². The number of rotatable bonds is 9. The van der Waals surface area contributed by atoms with Gasteiger partial charge in [-0.2, -0.15) is 13.9 Å². The number of carbonyl (C=O) groups is 2. The minimum absolute atomic E-state index is 0.0779. The minimum Gasteiger partial charge on any atom is -0.493 e. The molecule has 0 fully saturated rings. The summed E-state index contributed by atoms with van der Waals surface area (Å²) in [5, 5.41) is 4.25. The molecule has 0 spiro atoms. The molecule has 0 radical (unpaired) electrons. The summed E-state index contributed by atoms with van der Waals surface area (Å²) in [7, 11) is 2.99. The fraction of sp³-hybridized carbons (Fsp3) is 0.292. The second-order valence-electron chi connectivity index (χ2n) is 7.35. The van der Waals surface area contributed by atoms with E-state index >= 15 is 0 Å². The van der Waals surface area contributed by atoms with Gasteiger partial charge in [-0.05, 0) is 55.8 Å². The van der Waals surface area contributed by atoms with Crippen molar-refractivity contribution in [3.63, 3.8) is 0 Å². The number of esters is 1. The Morgan fingerprint density at radius 3 is 2.44 bits per heavy atom. The number of hydrogen-bond donors (Lipinski definition) is 0. The number of halogens is 2. The highest BCUT2D eigenvalue weighted by Crippen LogP contribution is 2.30. The Morgan fingerprint density at radius 2 is 1.82 bits per heavy atom. The van der Waals surface area contributed by atoms with Crippen LogP contribution in [0.15, 0.2) is 48.7 Å². The van der Waals surface area contributed by atoms with E-state index in [1.54, 1.807) is 62.0 Å².